The number of amides is 1. The molecule has 0 radical (unpaired) electrons. The summed E-state index contributed by atoms with van der Waals surface area (Å²) in [4.78, 5) is 16.4. The maximum absolute atomic E-state index is 12.0. The Morgan fingerprint density at radius 2 is 1.74 bits per heavy atom. The van der Waals surface area contributed by atoms with Crippen LogP contribution in [0.15, 0.2) is 60.0 Å². The van der Waals surface area contributed by atoms with E-state index in [2.05, 4.69) is 34.6 Å². The van der Waals surface area contributed by atoms with Gasteiger partial charge in [0.1, 0.15) is 0 Å². The SMILES string of the molecule is Cc1nc(CNC(=O)Cc2ccc(-c3ccccc3)cc2)cs1. The largest absolute Gasteiger partial charge is 0.350 e. The van der Waals surface area contributed by atoms with Gasteiger partial charge in [0.2, 0.25) is 5.91 Å². The molecule has 1 heterocycles. The Bertz CT molecular complexity index is 779. The van der Waals surface area contributed by atoms with Crippen molar-refractivity contribution >= 4 is 17.2 Å². The molecule has 2 aromatic carbocycles. The van der Waals surface area contributed by atoms with Crippen molar-refractivity contribution in [3.8, 4) is 11.1 Å². The van der Waals surface area contributed by atoms with Crippen LogP contribution in [0.1, 0.15) is 16.3 Å². The second-order valence-electron chi connectivity index (χ2n) is 5.37. The normalized spacial score (nSPS) is 10.5. The predicted octanol–water partition coefficient (Wildman–Crippen LogP) is 3.98. The van der Waals surface area contributed by atoms with Crippen molar-refractivity contribution in [2.45, 2.75) is 19.9 Å². The van der Waals surface area contributed by atoms with Crippen molar-refractivity contribution in [2.75, 3.05) is 0 Å². The lowest BCUT2D eigenvalue weighted by Crippen LogP contribution is -2.24. The van der Waals surface area contributed by atoms with Crippen LogP contribution in [0.2, 0.25) is 0 Å². The summed E-state index contributed by atoms with van der Waals surface area (Å²) in [6.45, 7) is 2.45. The molecule has 0 aliphatic heterocycles. The first-order chi connectivity index (χ1) is 11.2. The standard InChI is InChI=1S/C19H18N2OS/c1-14-21-18(13-23-14)12-20-19(22)11-15-7-9-17(10-8-15)16-5-3-2-4-6-16/h2-10,13H,11-12H2,1H3,(H,20,22). The third-order valence-electron chi connectivity index (χ3n) is 3.56. The molecule has 116 valence electrons. The van der Waals surface area contributed by atoms with Crippen molar-refractivity contribution in [3.05, 3.63) is 76.2 Å². The molecule has 1 aromatic heterocycles. The molecule has 1 N–H and O–H groups in total. The lowest BCUT2D eigenvalue weighted by molar-refractivity contribution is -0.120. The number of aryl methyl sites for hydroxylation is 1. The second kappa shape index (κ2) is 7.20. The van der Waals surface area contributed by atoms with Crippen LogP contribution in [0.3, 0.4) is 0 Å². The van der Waals surface area contributed by atoms with Crippen LogP contribution < -0.4 is 5.32 Å². The molecule has 1 amide bonds. The molecule has 0 spiro atoms. The number of rotatable bonds is 5. The average Bonchev–Trinajstić information content (AvgIpc) is 3.00. The maximum atomic E-state index is 12.0. The molecule has 4 heteroatoms. The van der Waals surface area contributed by atoms with Crippen LogP contribution in [0.25, 0.3) is 11.1 Å². The summed E-state index contributed by atoms with van der Waals surface area (Å²) in [6, 6.07) is 18.3. The van der Waals surface area contributed by atoms with Gasteiger partial charge in [0.05, 0.1) is 23.7 Å². The molecule has 3 aromatic rings. The van der Waals surface area contributed by atoms with Crippen molar-refractivity contribution in [1.82, 2.24) is 10.3 Å². The zero-order valence-corrected chi connectivity index (χ0v) is 13.8. The molecule has 0 saturated carbocycles. The lowest BCUT2D eigenvalue weighted by atomic mass is 10.0. The highest BCUT2D eigenvalue weighted by atomic mass is 32.1. The number of hydrogen-bond acceptors (Lipinski definition) is 3. The van der Waals surface area contributed by atoms with Gasteiger partial charge in [-0.05, 0) is 23.6 Å². The number of carbonyl (C=O) groups is 1. The predicted molar refractivity (Wildman–Crippen MR) is 94.3 cm³/mol. The Kier molecular flexibility index (Phi) is 4.83. The van der Waals surface area contributed by atoms with Crippen molar-refractivity contribution < 1.29 is 4.79 Å². The quantitative estimate of drug-likeness (QED) is 0.772. The summed E-state index contributed by atoms with van der Waals surface area (Å²) in [6.07, 6.45) is 0.387. The number of nitrogens with one attached hydrogen (secondary N) is 1. The summed E-state index contributed by atoms with van der Waals surface area (Å²) >= 11 is 1.60. The first-order valence-corrected chi connectivity index (χ1v) is 8.41. The third-order valence-corrected chi connectivity index (χ3v) is 4.38. The molecule has 0 unspecified atom stereocenters. The number of benzene rings is 2. The van der Waals surface area contributed by atoms with Gasteiger partial charge < -0.3 is 5.32 Å². The van der Waals surface area contributed by atoms with Crippen molar-refractivity contribution in [1.29, 1.82) is 0 Å². The molecule has 0 aliphatic rings. The van der Waals surface area contributed by atoms with Gasteiger partial charge in [-0.15, -0.1) is 11.3 Å². The first kappa shape index (κ1) is 15.4. The van der Waals surface area contributed by atoms with E-state index in [4.69, 9.17) is 0 Å². The van der Waals surface area contributed by atoms with E-state index < -0.39 is 0 Å². The summed E-state index contributed by atoms with van der Waals surface area (Å²) in [5.74, 6) is 0.0168. The zero-order valence-electron chi connectivity index (χ0n) is 13.0. The highest BCUT2D eigenvalue weighted by molar-refractivity contribution is 7.09. The highest BCUT2D eigenvalue weighted by Gasteiger charge is 2.05. The van der Waals surface area contributed by atoms with Gasteiger partial charge in [-0.25, -0.2) is 4.98 Å². The minimum Gasteiger partial charge on any atom is -0.350 e. The van der Waals surface area contributed by atoms with E-state index >= 15 is 0 Å². The molecule has 23 heavy (non-hydrogen) atoms. The third kappa shape index (κ3) is 4.27. The van der Waals surface area contributed by atoms with E-state index in [-0.39, 0.29) is 5.91 Å². The van der Waals surface area contributed by atoms with Crippen LogP contribution in [0.5, 0.6) is 0 Å². The zero-order chi connectivity index (χ0) is 16.1. The van der Waals surface area contributed by atoms with Gasteiger partial charge in [-0.1, -0.05) is 54.6 Å². The van der Waals surface area contributed by atoms with E-state index in [1.54, 1.807) is 11.3 Å². The van der Waals surface area contributed by atoms with E-state index in [9.17, 15) is 4.79 Å². The summed E-state index contributed by atoms with van der Waals surface area (Å²) in [5, 5.41) is 5.91. The van der Waals surface area contributed by atoms with E-state index in [0.717, 1.165) is 21.8 Å². The van der Waals surface area contributed by atoms with Crippen LogP contribution in [0.4, 0.5) is 0 Å². The van der Waals surface area contributed by atoms with Gasteiger partial charge in [-0.3, -0.25) is 4.79 Å². The van der Waals surface area contributed by atoms with Gasteiger partial charge in [0, 0.05) is 5.38 Å². The monoisotopic (exact) mass is 322 g/mol. The Morgan fingerprint density at radius 3 is 2.39 bits per heavy atom. The molecular weight excluding hydrogens is 304 g/mol. The number of thiazole rings is 1. The molecular formula is C19H18N2OS. The maximum Gasteiger partial charge on any atom is 0.224 e. The summed E-state index contributed by atoms with van der Waals surface area (Å²) in [5.41, 5.74) is 4.27. The number of hydrogen-bond donors (Lipinski definition) is 1. The molecule has 0 fully saturated rings. The summed E-state index contributed by atoms with van der Waals surface area (Å²) < 4.78 is 0. The van der Waals surface area contributed by atoms with E-state index in [1.807, 2.05) is 42.6 Å². The van der Waals surface area contributed by atoms with Gasteiger partial charge >= 0.3 is 0 Å². The number of nitrogens with zero attached hydrogens (tertiary/aromatic N) is 1. The molecule has 3 rings (SSSR count). The van der Waals surface area contributed by atoms with Crippen LogP contribution in [0, 0.1) is 6.92 Å². The fourth-order valence-corrected chi connectivity index (χ4v) is 2.98. The fourth-order valence-electron chi connectivity index (χ4n) is 2.37. The molecule has 0 aliphatic carbocycles. The lowest BCUT2D eigenvalue weighted by Gasteiger charge is -2.06. The fraction of sp³-hybridized carbons (Fsp3) is 0.158. The van der Waals surface area contributed by atoms with E-state index in [1.165, 1.54) is 5.56 Å². The van der Waals surface area contributed by atoms with Crippen molar-refractivity contribution in [3.63, 3.8) is 0 Å². The Morgan fingerprint density at radius 1 is 1.04 bits per heavy atom. The molecule has 0 atom stereocenters. The molecule has 3 nitrogen and oxygen atoms in total. The second-order valence-corrected chi connectivity index (χ2v) is 6.44. The minimum absolute atomic E-state index is 0.0168. The topological polar surface area (TPSA) is 42.0 Å². The van der Waals surface area contributed by atoms with Crippen molar-refractivity contribution in [2.24, 2.45) is 0 Å². The first-order valence-electron chi connectivity index (χ1n) is 7.53. The van der Waals surface area contributed by atoms with Crippen LogP contribution in [-0.4, -0.2) is 10.9 Å². The smallest absolute Gasteiger partial charge is 0.224 e. The van der Waals surface area contributed by atoms with Gasteiger partial charge in [0.25, 0.3) is 0 Å². The minimum atomic E-state index is 0.0168. The van der Waals surface area contributed by atoms with Crippen LogP contribution in [-0.2, 0) is 17.8 Å². The molecule has 0 saturated heterocycles. The Hall–Kier alpha value is -2.46. The average molecular weight is 322 g/mol. The number of carbonyl (C=O) groups excluding carboxylic acids is 1. The molecule has 0 bridgehead atoms. The van der Waals surface area contributed by atoms with E-state index in [0.29, 0.717) is 13.0 Å². The summed E-state index contributed by atoms with van der Waals surface area (Å²) in [7, 11) is 0. The number of aromatic nitrogens is 1. The van der Waals surface area contributed by atoms with Gasteiger partial charge in [-0.2, -0.15) is 0 Å². The highest BCUT2D eigenvalue weighted by Crippen LogP contribution is 2.19. The van der Waals surface area contributed by atoms with Gasteiger partial charge in [0.15, 0.2) is 0 Å². The van der Waals surface area contributed by atoms with Crippen LogP contribution >= 0.6 is 11.3 Å². The Labute approximate surface area is 140 Å². The Balaban J connectivity index is 1.56.